The van der Waals surface area contributed by atoms with Crippen LogP contribution in [0.25, 0.3) is 0 Å². The van der Waals surface area contributed by atoms with Crippen molar-refractivity contribution in [2.24, 2.45) is 5.73 Å². The predicted molar refractivity (Wildman–Crippen MR) is 287 cm³/mol. The standard InChI is InChI=1S/C31H42N6O2.C26H33N5O/c1-31(2,3)35-30(39)33-17-10-19-37-22-18-32-28(29(37)38)34-26-15-20-36(21-16-26)23-27(24-11-6-4-7-12-24)25-13-8-5-9-14-25;27-14-7-16-31-19-15-28-25(26(31)32)29-23-12-17-30(18-13-23)20-24(21-8-3-1-4-9-21)22-10-5-2-6-11-22/h4-9,11-14,18,22,26-27H,10,15-17,19-21,23H2,1-3H3,(H,32,34)(H2,33,35,39);1-6,8-11,15,19,23-24H,7,12-14,16-18,20,27H2,(H,28,29). The topological polar surface area (TPSA) is 167 Å². The molecule has 2 fully saturated rings. The summed E-state index contributed by atoms with van der Waals surface area (Å²) in [5, 5.41) is 12.5. The highest BCUT2D eigenvalue weighted by molar-refractivity contribution is 5.74. The molecule has 0 unspecified atom stereocenters. The van der Waals surface area contributed by atoms with E-state index >= 15 is 0 Å². The molecule has 2 amide bonds. The molecule has 14 nitrogen and oxygen atoms in total. The van der Waals surface area contributed by atoms with Crippen molar-refractivity contribution in [2.75, 3.05) is 63.0 Å². The van der Waals surface area contributed by atoms with Crippen LogP contribution in [-0.2, 0) is 13.1 Å². The van der Waals surface area contributed by atoms with Gasteiger partial charge in [0.05, 0.1) is 0 Å². The van der Waals surface area contributed by atoms with Gasteiger partial charge in [-0.25, -0.2) is 14.8 Å². The number of nitrogens with zero attached hydrogens (tertiary/aromatic N) is 6. The Morgan fingerprint density at radius 1 is 0.592 bits per heavy atom. The maximum Gasteiger partial charge on any atom is 0.315 e. The van der Waals surface area contributed by atoms with Crippen LogP contribution >= 0.6 is 0 Å². The number of likely N-dealkylation sites (tertiary alicyclic amines) is 2. The molecule has 0 aliphatic carbocycles. The van der Waals surface area contributed by atoms with E-state index in [1.54, 1.807) is 33.9 Å². The first-order valence-electron chi connectivity index (χ1n) is 25.6. The molecule has 2 aromatic heterocycles. The van der Waals surface area contributed by atoms with Crippen LogP contribution in [0.15, 0.2) is 156 Å². The van der Waals surface area contributed by atoms with Crippen LogP contribution in [0.1, 0.15) is 93.4 Å². The van der Waals surface area contributed by atoms with Crippen LogP contribution in [0.4, 0.5) is 16.4 Å². The Kier molecular flexibility index (Phi) is 19.5. The highest BCUT2D eigenvalue weighted by atomic mass is 16.2. The van der Waals surface area contributed by atoms with Gasteiger partial charge in [0, 0.05) is 113 Å². The minimum atomic E-state index is -0.283. The predicted octanol–water partition coefficient (Wildman–Crippen LogP) is 7.74. The van der Waals surface area contributed by atoms with Crippen LogP contribution in [0.5, 0.6) is 0 Å². The zero-order valence-electron chi connectivity index (χ0n) is 42.0. The molecule has 0 saturated carbocycles. The third-order valence-corrected chi connectivity index (χ3v) is 13.3. The second kappa shape index (κ2) is 26.6. The van der Waals surface area contributed by atoms with Crippen molar-refractivity contribution in [1.29, 1.82) is 0 Å². The lowest BCUT2D eigenvalue weighted by molar-refractivity contribution is 0.213. The fourth-order valence-electron chi connectivity index (χ4n) is 9.51. The molecule has 0 bridgehead atoms. The van der Waals surface area contributed by atoms with Gasteiger partial charge in [-0.05, 0) is 88.1 Å². The molecule has 6 aromatic rings. The molecule has 0 atom stereocenters. The summed E-state index contributed by atoms with van der Waals surface area (Å²) in [4.78, 5) is 51.3. The highest BCUT2D eigenvalue weighted by Gasteiger charge is 2.26. The van der Waals surface area contributed by atoms with E-state index in [-0.39, 0.29) is 34.8 Å². The van der Waals surface area contributed by atoms with E-state index < -0.39 is 0 Å². The van der Waals surface area contributed by atoms with Gasteiger partial charge in [0.2, 0.25) is 0 Å². The van der Waals surface area contributed by atoms with E-state index in [0.717, 1.165) is 71.4 Å². The van der Waals surface area contributed by atoms with Gasteiger partial charge >= 0.3 is 6.03 Å². The Morgan fingerprint density at radius 2 is 0.958 bits per heavy atom. The van der Waals surface area contributed by atoms with Gasteiger partial charge < -0.3 is 45.9 Å². The van der Waals surface area contributed by atoms with Crippen LogP contribution in [0, 0.1) is 0 Å². The third kappa shape index (κ3) is 16.2. The Hall–Kier alpha value is -6.61. The largest absolute Gasteiger partial charge is 0.363 e. The third-order valence-electron chi connectivity index (χ3n) is 13.3. The first-order chi connectivity index (χ1) is 34.5. The summed E-state index contributed by atoms with van der Waals surface area (Å²) in [6.45, 7) is 13.9. The molecule has 2 aliphatic rings. The van der Waals surface area contributed by atoms with E-state index in [0.29, 0.717) is 56.1 Å². The van der Waals surface area contributed by atoms with Gasteiger partial charge in [0.15, 0.2) is 11.6 Å². The van der Waals surface area contributed by atoms with E-state index in [1.165, 1.54) is 22.3 Å². The summed E-state index contributed by atoms with van der Waals surface area (Å²) < 4.78 is 3.36. The number of nitrogens with one attached hydrogen (secondary N) is 4. The number of benzene rings is 4. The van der Waals surface area contributed by atoms with Crippen molar-refractivity contribution in [3.05, 3.63) is 189 Å². The van der Waals surface area contributed by atoms with Crippen LogP contribution < -0.4 is 38.1 Å². The highest BCUT2D eigenvalue weighted by Crippen LogP contribution is 2.29. The van der Waals surface area contributed by atoms with E-state index in [4.69, 9.17) is 5.73 Å². The van der Waals surface area contributed by atoms with Gasteiger partial charge in [-0.1, -0.05) is 121 Å². The molecule has 14 heteroatoms. The molecule has 4 heterocycles. The zero-order valence-corrected chi connectivity index (χ0v) is 42.0. The molecular formula is C57H75N11O3. The van der Waals surface area contributed by atoms with Crippen LogP contribution in [-0.4, -0.2) is 105 Å². The lowest BCUT2D eigenvalue weighted by Gasteiger charge is -2.35. The van der Waals surface area contributed by atoms with Gasteiger partial charge in [-0.3, -0.25) is 9.59 Å². The number of anilines is 2. The summed E-state index contributed by atoms with van der Waals surface area (Å²) in [5.41, 5.74) is 10.5. The van der Waals surface area contributed by atoms with Crippen LogP contribution in [0.3, 0.4) is 0 Å². The summed E-state index contributed by atoms with van der Waals surface area (Å²) in [6.07, 6.45) is 12.2. The van der Waals surface area contributed by atoms with Crippen molar-refractivity contribution >= 4 is 17.7 Å². The Morgan fingerprint density at radius 3 is 1.31 bits per heavy atom. The average Bonchev–Trinajstić information content (AvgIpc) is 3.39. The van der Waals surface area contributed by atoms with E-state index in [1.807, 2.05) is 20.8 Å². The summed E-state index contributed by atoms with van der Waals surface area (Å²) >= 11 is 0. The van der Waals surface area contributed by atoms with E-state index in [9.17, 15) is 14.4 Å². The van der Waals surface area contributed by atoms with Gasteiger partial charge in [-0.15, -0.1) is 0 Å². The van der Waals surface area contributed by atoms with Crippen molar-refractivity contribution in [3.63, 3.8) is 0 Å². The lowest BCUT2D eigenvalue weighted by Crippen LogP contribution is -2.46. The van der Waals surface area contributed by atoms with E-state index in [2.05, 4.69) is 162 Å². The molecule has 376 valence electrons. The van der Waals surface area contributed by atoms with Crippen molar-refractivity contribution in [1.82, 2.24) is 39.5 Å². The van der Waals surface area contributed by atoms with Crippen molar-refractivity contribution < 1.29 is 4.79 Å². The monoisotopic (exact) mass is 962 g/mol. The molecule has 6 N–H and O–H groups in total. The quantitative estimate of drug-likeness (QED) is 0.0507. The van der Waals surface area contributed by atoms with Gasteiger partial charge in [-0.2, -0.15) is 0 Å². The molecule has 71 heavy (non-hydrogen) atoms. The Bertz CT molecular complexity index is 2530. The minimum Gasteiger partial charge on any atom is -0.363 e. The van der Waals surface area contributed by atoms with Gasteiger partial charge in [0.25, 0.3) is 11.1 Å². The molecule has 4 aromatic carbocycles. The number of hydrogen-bond acceptors (Lipinski definition) is 10. The number of carbonyl (C=O) groups excluding carboxylic acids is 1. The lowest BCUT2D eigenvalue weighted by atomic mass is 9.90. The molecule has 8 rings (SSSR count). The number of piperidine rings is 2. The smallest absolute Gasteiger partial charge is 0.315 e. The number of hydrogen-bond donors (Lipinski definition) is 5. The van der Waals surface area contributed by atoms with Gasteiger partial charge in [0.1, 0.15) is 0 Å². The minimum absolute atomic E-state index is 0.0587. The maximum absolute atomic E-state index is 13.0. The number of carbonyl (C=O) groups is 1. The first kappa shape index (κ1) is 52.2. The second-order valence-corrected chi connectivity index (χ2v) is 19.9. The van der Waals surface area contributed by atoms with Crippen molar-refractivity contribution in [2.45, 2.75) is 102 Å². The average molecular weight is 962 g/mol. The first-order valence-corrected chi connectivity index (χ1v) is 25.6. The summed E-state index contributed by atoms with van der Waals surface area (Å²) in [7, 11) is 0. The number of amides is 2. The molecule has 2 aliphatic heterocycles. The van der Waals surface area contributed by atoms with Crippen LogP contribution in [0.2, 0.25) is 0 Å². The zero-order chi connectivity index (χ0) is 49.8. The number of aryl methyl sites for hydroxylation is 2. The fourth-order valence-corrected chi connectivity index (χ4v) is 9.51. The Balaban J connectivity index is 0.000000213. The SMILES string of the molecule is CC(C)(C)NC(=O)NCCCn1ccnc(NC2CCN(CC(c3ccccc3)c3ccccc3)CC2)c1=O.NCCCn1ccnc(NC2CCN(CC(c3ccccc3)c3ccccc3)CC2)c1=O. The molecular weight excluding hydrogens is 887 g/mol. The molecule has 2 saturated heterocycles. The normalized spacial score (nSPS) is 15.0. The molecule has 0 radical (unpaired) electrons. The molecule has 0 spiro atoms. The number of urea groups is 1. The number of nitrogens with two attached hydrogens (primary N) is 1. The number of rotatable bonds is 19. The summed E-state index contributed by atoms with van der Waals surface area (Å²) in [6, 6.07) is 43.3. The fraction of sp³-hybridized carbons (Fsp3) is 0.421. The maximum atomic E-state index is 13.0. The second-order valence-electron chi connectivity index (χ2n) is 19.9. The van der Waals surface area contributed by atoms with Crippen molar-refractivity contribution in [3.8, 4) is 0 Å². The number of aromatic nitrogens is 4. The Labute approximate surface area is 420 Å². The summed E-state index contributed by atoms with van der Waals surface area (Å²) in [5.74, 6) is 1.54.